The lowest BCUT2D eigenvalue weighted by molar-refractivity contribution is -0.154. The van der Waals surface area contributed by atoms with Gasteiger partial charge in [0.05, 0.1) is 5.60 Å². The number of carbonyl (C=O) groups excluding carboxylic acids is 1. The van der Waals surface area contributed by atoms with Crippen LogP contribution in [-0.4, -0.2) is 16.5 Å². The smallest absolute Gasteiger partial charge is 0.133 e. The Morgan fingerprint density at radius 2 is 1.68 bits per heavy atom. The summed E-state index contributed by atoms with van der Waals surface area (Å²) >= 11 is 0. The van der Waals surface area contributed by atoms with E-state index < -0.39 is 5.60 Å². The first-order valence-electron chi connectivity index (χ1n) is 11.0. The summed E-state index contributed by atoms with van der Waals surface area (Å²) in [6.07, 6.45) is 11.8. The fourth-order valence-electron chi connectivity index (χ4n) is 8.31. The van der Waals surface area contributed by atoms with E-state index in [-0.39, 0.29) is 5.41 Å². The molecule has 0 aliphatic heterocycles. The molecule has 0 spiro atoms. The van der Waals surface area contributed by atoms with Crippen molar-refractivity contribution in [3.05, 3.63) is 0 Å². The van der Waals surface area contributed by atoms with Gasteiger partial charge in [-0.15, -0.1) is 0 Å². The number of carbonyl (C=O) groups is 1. The summed E-state index contributed by atoms with van der Waals surface area (Å²) in [4.78, 5) is 12.2. The third-order valence-corrected chi connectivity index (χ3v) is 9.97. The van der Waals surface area contributed by atoms with Gasteiger partial charge in [-0.1, -0.05) is 20.8 Å². The Morgan fingerprint density at radius 1 is 0.960 bits per heavy atom. The molecule has 0 saturated heterocycles. The van der Waals surface area contributed by atoms with Gasteiger partial charge in [0.2, 0.25) is 0 Å². The number of hydrogen-bond acceptors (Lipinski definition) is 2. The van der Waals surface area contributed by atoms with Crippen LogP contribution >= 0.6 is 0 Å². The van der Waals surface area contributed by atoms with Crippen LogP contribution in [0.5, 0.6) is 0 Å². The molecule has 0 bridgehead atoms. The minimum atomic E-state index is -0.396. The molecular weight excluding hydrogens is 308 g/mol. The van der Waals surface area contributed by atoms with E-state index in [1.807, 2.05) is 6.92 Å². The SMILES string of the molecule is CC[C@]1(O)CC[C@]2(C)C3CC[C@@]4(C)C(CC[C@@H]4C(C)=O)C3CC[C@H]2C1. The van der Waals surface area contributed by atoms with Crippen LogP contribution in [-0.2, 0) is 4.79 Å². The molecule has 8 atom stereocenters. The summed E-state index contributed by atoms with van der Waals surface area (Å²) < 4.78 is 0. The van der Waals surface area contributed by atoms with Crippen LogP contribution < -0.4 is 0 Å². The summed E-state index contributed by atoms with van der Waals surface area (Å²) in [6, 6.07) is 0. The van der Waals surface area contributed by atoms with Crippen molar-refractivity contribution in [2.75, 3.05) is 0 Å². The van der Waals surface area contributed by atoms with E-state index in [2.05, 4.69) is 20.8 Å². The van der Waals surface area contributed by atoms with Gasteiger partial charge in [0.1, 0.15) is 5.78 Å². The lowest BCUT2D eigenvalue weighted by Gasteiger charge is -2.62. The standard InChI is InChI=1S/C23H38O2/c1-5-23(25)13-12-21(3)16(14-23)6-7-17-19-9-8-18(15(2)24)22(19,4)11-10-20(17)21/h16-20,25H,5-14H2,1-4H3/t16-,17?,18+,19?,20?,21-,22+,23-/m0/s1. The van der Waals surface area contributed by atoms with Crippen LogP contribution in [0.3, 0.4) is 0 Å². The minimum absolute atomic E-state index is 0.273. The van der Waals surface area contributed by atoms with Gasteiger partial charge in [0.25, 0.3) is 0 Å². The Bertz CT molecular complexity index is 556. The number of aliphatic hydroxyl groups is 1. The second-order valence-corrected chi connectivity index (χ2v) is 10.7. The second kappa shape index (κ2) is 5.81. The third kappa shape index (κ3) is 2.49. The molecule has 25 heavy (non-hydrogen) atoms. The summed E-state index contributed by atoms with van der Waals surface area (Å²) in [7, 11) is 0. The van der Waals surface area contributed by atoms with Crippen molar-refractivity contribution in [2.45, 2.75) is 97.5 Å². The van der Waals surface area contributed by atoms with Crippen molar-refractivity contribution in [2.24, 2.45) is 40.4 Å². The molecule has 4 saturated carbocycles. The highest BCUT2D eigenvalue weighted by Crippen LogP contribution is 2.68. The molecule has 0 aromatic rings. The topological polar surface area (TPSA) is 37.3 Å². The largest absolute Gasteiger partial charge is 0.390 e. The van der Waals surface area contributed by atoms with E-state index in [4.69, 9.17) is 0 Å². The molecule has 3 unspecified atom stereocenters. The van der Waals surface area contributed by atoms with E-state index >= 15 is 0 Å². The Morgan fingerprint density at radius 3 is 2.36 bits per heavy atom. The predicted octanol–water partition coefficient (Wildman–Crippen LogP) is 5.38. The zero-order valence-electron chi connectivity index (χ0n) is 16.8. The summed E-state index contributed by atoms with van der Waals surface area (Å²) in [5.41, 5.74) is 0.308. The molecular formula is C23H38O2. The third-order valence-electron chi connectivity index (χ3n) is 9.97. The second-order valence-electron chi connectivity index (χ2n) is 10.7. The molecule has 1 N–H and O–H groups in total. The predicted molar refractivity (Wildman–Crippen MR) is 101 cm³/mol. The van der Waals surface area contributed by atoms with Gasteiger partial charge in [0, 0.05) is 5.92 Å². The maximum absolute atomic E-state index is 12.2. The van der Waals surface area contributed by atoms with Gasteiger partial charge < -0.3 is 5.11 Å². The van der Waals surface area contributed by atoms with Crippen molar-refractivity contribution in [3.63, 3.8) is 0 Å². The number of rotatable bonds is 2. The quantitative estimate of drug-likeness (QED) is 0.729. The monoisotopic (exact) mass is 346 g/mol. The average molecular weight is 347 g/mol. The van der Waals surface area contributed by atoms with Gasteiger partial charge in [-0.05, 0) is 106 Å². The van der Waals surface area contributed by atoms with Crippen LogP contribution in [0, 0.1) is 40.4 Å². The Hall–Kier alpha value is -0.370. The number of fused-ring (bicyclic) bond motifs is 5. The maximum atomic E-state index is 12.2. The molecule has 0 radical (unpaired) electrons. The first-order chi connectivity index (χ1) is 11.7. The van der Waals surface area contributed by atoms with Crippen LogP contribution in [0.4, 0.5) is 0 Å². The van der Waals surface area contributed by atoms with E-state index in [1.165, 1.54) is 38.5 Å². The zero-order chi connectivity index (χ0) is 18.0. The highest BCUT2D eigenvalue weighted by atomic mass is 16.3. The molecule has 4 aliphatic rings. The van der Waals surface area contributed by atoms with E-state index in [0.29, 0.717) is 23.0 Å². The fraction of sp³-hybridized carbons (Fsp3) is 0.957. The van der Waals surface area contributed by atoms with Gasteiger partial charge in [-0.25, -0.2) is 0 Å². The minimum Gasteiger partial charge on any atom is -0.390 e. The molecule has 0 aromatic carbocycles. The average Bonchev–Trinajstić information content (AvgIpc) is 2.93. The van der Waals surface area contributed by atoms with Crippen LogP contribution in [0.2, 0.25) is 0 Å². The van der Waals surface area contributed by atoms with E-state index in [9.17, 15) is 9.90 Å². The van der Waals surface area contributed by atoms with Crippen LogP contribution in [0.1, 0.15) is 91.9 Å². The lowest BCUT2D eigenvalue weighted by atomic mass is 9.43. The van der Waals surface area contributed by atoms with Gasteiger partial charge in [0.15, 0.2) is 0 Å². The van der Waals surface area contributed by atoms with Crippen molar-refractivity contribution < 1.29 is 9.90 Å². The number of Topliss-reactive ketones (excluding diaryl/α,β-unsaturated/α-hetero) is 1. The first kappa shape index (κ1) is 18.0. The normalized spacial score (nSPS) is 55.2. The Balaban J connectivity index is 1.59. The number of ketones is 1. The molecule has 4 aliphatic carbocycles. The number of hydrogen-bond donors (Lipinski definition) is 1. The lowest BCUT2D eigenvalue weighted by Crippen LogP contribution is -2.56. The molecule has 0 heterocycles. The summed E-state index contributed by atoms with van der Waals surface area (Å²) in [6.45, 7) is 8.98. The first-order valence-corrected chi connectivity index (χ1v) is 11.0. The molecule has 4 fully saturated rings. The van der Waals surface area contributed by atoms with Crippen molar-refractivity contribution in [1.29, 1.82) is 0 Å². The van der Waals surface area contributed by atoms with Crippen molar-refractivity contribution in [3.8, 4) is 0 Å². The highest BCUT2D eigenvalue weighted by molar-refractivity contribution is 5.79. The molecule has 2 heteroatoms. The zero-order valence-corrected chi connectivity index (χ0v) is 16.8. The summed E-state index contributed by atoms with van der Waals surface area (Å²) in [5.74, 6) is 3.90. The van der Waals surface area contributed by atoms with Crippen LogP contribution in [0.25, 0.3) is 0 Å². The molecule has 4 rings (SSSR count). The van der Waals surface area contributed by atoms with Gasteiger partial charge >= 0.3 is 0 Å². The molecule has 0 amide bonds. The van der Waals surface area contributed by atoms with Crippen LogP contribution in [0.15, 0.2) is 0 Å². The van der Waals surface area contributed by atoms with Gasteiger partial charge in [-0.3, -0.25) is 4.79 Å². The van der Waals surface area contributed by atoms with Gasteiger partial charge in [-0.2, -0.15) is 0 Å². The maximum Gasteiger partial charge on any atom is 0.133 e. The van der Waals surface area contributed by atoms with E-state index in [0.717, 1.165) is 43.4 Å². The highest BCUT2D eigenvalue weighted by Gasteiger charge is 2.61. The van der Waals surface area contributed by atoms with E-state index in [1.54, 1.807) is 0 Å². The Labute approximate surface area is 154 Å². The molecule has 0 aromatic heterocycles. The Kier molecular flexibility index (Phi) is 4.19. The van der Waals surface area contributed by atoms with Crippen molar-refractivity contribution in [1.82, 2.24) is 0 Å². The molecule has 2 nitrogen and oxygen atoms in total. The summed E-state index contributed by atoms with van der Waals surface area (Å²) in [5, 5.41) is 10.9. The van der Waals surface area contributed by atoms with Crippen molar-refractivity contribution >= 4 is 5.78 Å². The molecule has 142 valence electrons. The fourth-order valence-corrected chi connectivity index (χ4v) is 8.31.